The van der Waals surface area contributed by atoms with Crippen LogP contribution in [-0.2, 0) is 11.3 Å². The minimum Gasteiger partial charge on any atom is -0.493 e. The number of rotatable bonds is 11. The van der Waals surface area contributed by atoms with Crippen LogP contribution in [0, 0.1) is 11.8 Å². The van der Waals surface area contributed by atoms with E-state index < -0.39 is 0 Å². The van der Waals surface area contributed by atoms with Gasteiger partial charge in [-0.25, -0.2) is 0 Å². The third-order valence-electron chi connectivity index (χ3n) is 3.97. The highest BCUT2D eigenvalue weighted by molar-refractivity contribution is 5.79. The smallest absolute Gasteiger partial charge is 0.191 e. The maximum atomic E-state index is 5.78. The number of guanidine groups is 1. The number of nitrogens with one attached hydrogen (secondary N) is 2. The molecule has 0 aliphatic heterocycles. The van der Waals surface area contributed by atoms with Crippen molar-refractivity contribution in [1.29, 1.82) is 0 Å². The van der Waals surface area contributed by atoms with Gasteiger partial charge in [-0.05, 0) is 48.8 Å². The maximum absolute atomic E-state index is 5.78. The van der Waals surface area contributed by atoms with E-state index in [2.05, 4.69) is 41.6 Å². The lowest BCUT2D eigenvalue weighted by atomic mass is 10.2. The van der Waals surface area contributed by atoms with Gasteiger partial charge in [0.15, 0.2) is 5.96 Å². The van der Waals surface area contributed by atoms with Crippen LogP contribution in [0.3, 0.4) is 0 Å². The molecule has 1 aliphatic rings. The summed E-state index contributed by atoms with van der Waals surface area (Å²) in [5, 5.41) is 6.67. The fraction of sp³-hybridized carbons (Fsp3) is 0.650. The van der Waals surface area contributed by atoms with Crippen LogP contribution < -0.4 is 15.4 Å². The summed E-state index contributed by atoms with van der Waals surface area (Å²) in [5.41, 5.74) is 1.18. The zero-order chi connectivity index (χ0) is 17.9. The molecule has 2 rings (SSSR count). The molecule has 0 unspecified atom stereocenters. The van der Waals surface area contributed by atoms with Crippen molar-refractivity contribution in [3.05, 3.63) is 29.8 Å². The molecule has 5 nitrogen and oxygen atoms in total. The lowest BCUT2D eigenvalue weighted by molar-refractivity contribution is 0.123. The molecule has 140 valence electrons. The summed E-state index contributed by atoms with van der Waals surface area (Å²) in [4.78, 5) is 4.26. The van der Waals surface area contributed by atoms with Gasteiger partial charge in [-0.3, -0.25) is 4.99 Å². The Morgan fingerprint density at radius 1 is 1.28 bits per heavy atom. The van der Waals surface area contributed by atoms with Crippen LogP contribution in [-0.4, -0.2) is 39.4 Å². The van der Waals surface area contributed by atoms with Gasteiger partial charge in [0.25, 0.3) is 0 Å². The van der Waals surface area contributed by atoms with Crippen molar-refractivity contribution < 1.29 is 9.47 Å². The summed E-state index contributed by atoms with van der Waals surface area (Å²) in [6, 6.07) is 8.20. The highest BCUT2D eigenvalue weighted by Crippen LogP contribution is 2.28. The van der Waals surface area contributed by atoms with Crippen LogP contribution in [0.5, 0.6) is 5.75 Å². The predicted octanol–water partition coefficient (Wildman–Crippen LogP) is 3.20. The van der Waals surface area contributed by atoms with Gasteiger partial charge < -0.3 is 20.1 Å². The molecule has 0 spiro atoms. The number of hydrogen-bond donors (Lipinski definition) is 2. The van der Waals surface area contributed by atoms with Gasteiger partial charge in [-0.1, -0.05) is 26.0 Å². The molecule has 0 amide bonds. The molecule has 25 heavy (non-hydrogen) atoms. The van der Waals surface area contributed by atoms with Crippen LogP contribution >= 0.6 is 0 Å². The average Bonchev–Trinajstić information content (AvgIpc) is 3.43. The lowest BCUT2D eigenvalue weighted by Gasteiger charge is -2.13. The Morgan fingerprint density at radius 2 is 2.12 bits per heavy atom. The Morgan fingerprint density at radius 3 is 2.84 bits per heavy atom. The molecule has 2 N–H and O–H groups in total. The van der Waals surface area contributed by atoms with Crippen molar-refractivity contribution in [3.8, 4) is 5.75 Å². The number of ether oxygens (including phenoxy) is 2. The second kappa shape index (κ2) is 11.0. The highest BCUT2D eigenvalue weighted by Gasteiger charge is 2.20. The Kier molecular flexibility index (Phi) is 8.60. The van der Waals surface area contributed by atoms with Crippen molar-refractivity contribution in [2.24, 2.45) is 16.8 Å². The third kappa shape index (κ3) is 8.77. The van der Waals surface area contributed by atoms with Gasteiger partial charge >= 0.3 is 0 Å². The second-order valence-corrected chi connectivity index (χ2v) is 7.08. The van der Waals surface area contributed by atoms with Crippen molar-refractivity contribution in [3.63, 3.8) is 0 Å². The molecule has 1 aromatic carbocycles. The van der Waals surface area contributed by atoms with E-state index >= 15 is 0 Å². The Balaban J connectivity index is 1.62. The Bertz CT molecular complexity index is 527. The molecule has 0 heterocycles. The quantitative estimate of drug-likeness (QED) is 0.367. The van der Waals surface area contributed by atoms with Crippen LogP contribution in [0.15, 0.2) is 29.3 Å². The number of nitrogens with zero attached hydrogens (tertiary/aromatic N) is 1. The van der Waals surface area contributed by atoms with E-state index in [1.165, 1.54) is 18.4 Å². The summed E-state index contributed by atoms with van der Waals surface area (Å²) >= 11 is 0. The minimum absolute atomic E-state index is 0.526. The van der Waals surface area contributed by atoms with E-state index in [0.29, 0.717) is 5.92 Å². The highest BCUT2D eigenvalue weighted by atomic mass is 16.5. The van der Waals surface area contributed by atoms with E-state index in [1.807, 2.05) is 12.1 Å². The fourth-order valence-corrected chi connectivity index (χ4v) is 2.33. The molecule has 5 heteroatoms. The van der Waals surface area contributed by atoms with Gasteiger partial charge in [-0.2, -0.15) is 0 Å². The fourth-order valence-electron chi connectivity index (χ4n) is 2.33. The normalized spacial score (nSPS) is 14.6. The van der Waals surface area contributed by atoms with Crippen molar-refractivity contribution in [1.82, 2.24) is 10.6 Å². The predicted molar refractivity (Wildman–Crippen MR) is 103 cm³/mol. The first-order valence-electron chi connectivity index (χ1n) is 9.41. The van der Waals surface area contributed by atoms with Crippen molar-refractivity contribution >= 4 is 5.96 Å². The molecule has 0 atom stereocenters. The van der Waals surface area contributed by atoms with E-state index in [-0.39, 0.29) is 0 Å². The second-order valence-electron chi connectivity index (χ2n) is 7.08. The van der Waals surface area contributed by atoms with Gasteiger partial charge in [-0.15, -0.1) is 0 Å². The lowest BCUT2D eigenvalue weighted by Crippen LogP contribution is -2.37. The largest absolute Gasteiger partial charge is 0.493 e. The van der Waals surface area contributed by atoms with E-state index in [9.17, 15) is 0 Å². The number of benzene rings is 1. The molecular formula is C20H33N3O2. The van der Waals surface area contributed by atoms with Crippen LogP contribution in [0.25, 0.3) is 0 Å². The summed E-state index contributed by atoms with van der Waals surface area (Å²) in [7, 11) is 1.79. The molecular weight excluding hydrogens is 314 g/mol. The first kappa shape index (κ1) is 19.6. The monoisotopic (exact) mass is 347 g/mol. The minimum atomic E-state index is 0.526. The average molecular weight is 348 g/mol. The Hall–Kier alpha value is -1.75. The van der Waals surface area contributed by atoms with Gasteiger partial charge in [0.1, 0.15) is 5.75 Å². The molecule has 0 bridgehead atoms. The van der Waals surface area contributed by atoms with Gasteiger partial charge in [0.05, 0.1) is 6.61 Å². The Labute approximate surface area is 152 Å². The van der Waals surface area contributed by atoms with E-state index in [0.717, 1.165) is 57.0 Å². The molecule has 1 fully saturated rings. The molecule has 1 aromatic rings. The topological polar surface area (TPSA) is 54.9 Å². The molecule has 0 saturated heterocycles. The summed E-state index contributed by atoms with van der Waals surface area (Å²) in [6.45, 7) is 8.37. The van der Waals surface area contributed by atoms with E-state index in [1.54, 1.807) is 7.05 Å². The first-order valence-corrected chi connectivity index (χ1v) is 9.41. The third-order valence-corrected chi connectivity index (χ3v) is 3.97. The maximum Gasteiger partial charge on any atom is 0.191 e. The van der Waals surface area contributed by atoms with Crippen molar-refractivity contribution in [2.45, 2.75) is 39.7 Å². The molecule has 0 aromatic heterocycles. The zero-order valence-corrected chi connectivity index (χ0v) is 15.9. The van der Waals surface area contributed by atoms with Crippen LogP contribution in [0.4, 0.5) is 0 Å². The van der Waals surface area contributed by atoms with Crippen LogP contribution in [0.2, 0.25) is 0 Å². The van der Waals surface area contributed by atoms with Gasteiger partial charge in [0.2, 0.25) is 0 Å². The van der Waals surface area contributed by atoms with Gasteiger partial charge in [0, 0.05) is 33.4 Å². The molecule has 1 saturated carbocycles. The molecule has 0 radical (unpaired) electrons. The SMILES string of the molecule is CN=C(NCCCOCC1CC1)NCc1cccc(OCC(C)C)c1. The number of hydrogen-bond acceptors (Lipinski definition) is 3. The summed E-state index contributed by atoms with van der Waals surface area (Å²) in [6.07, 6.45) is 3.68. The summed E-state index contributed by atoms with van der Waals surface area (Å²) < 4.78 is 11.4. The van der Waals surface area contributed by atoms with E-state index in [4.69, 9.17) is 9.47 Å². The zero-order valence-electron chi connectivity index (χ0n) is 15.9. The van der Waals surface area contributed by atoms with Crippen LogP contribution in [0.1, 0.15) is 38.7 Å². The first-order chi connectivity index (χ1) is 12.2. The number of aliphatic imine (C=N–C) groups is 1. The molecule has 1 aliphatic carbocycles. The standard InChI is InChI=1S/C20H33N3O2/c1-16(2)14-25-19-7-4-6-18(12-19)13-23-20(21-3)22-10-5-11-24-15-17-8-9-17/h4,6-7,12,16-17H,5,8-11,13-15H2,1-3H3,(H2,21,22,23). The van der Waals surface area contributed by atoms with Crippen molar-refractivity contribution in [2.75, 3.05) is 33.4 Å². The summed E-state index contributed by atoms with van der Waals surface area (Å²) in [5.74, 6) is 3.10.